The van der Waals surface area contributed by atoms with E-state index in [2.05, 4.69) is 25.9 Å². The normalized spacial score (nSPS) is 49.5. The van der Waals surface area contributed by atoms with Gasteiger partial charge in [0.05, 0.1) is 5.71 Å². The van der Waals surface area contributed by atoms with E-state index in [0.29, 0.717) is 42.1 Å². The molecule has 0 radical (unpaired) electrons. The topological polar surface area (TPSA) is 64.7 Å². The molecule has 0 aromatic carbocycles. The first-order valence-electron chi connectivity index (χ1n) is 10.8. The number of hydrogen-bond acceptors (Lipinski definition) is 4. The summed E-state index contributed by atoms with van der Waals surface area (Å²) in [6.07, 6.45) is 9.02. The zero-order valence-corrected chi connectivity index (χ0v) is 16.8. The molecule has 146 valence electrons. The Labute approximate surface area is 158 Å². The van der Waals surface area contributed by atoms with E-state index in [9.17, 15) is 4.79 Å². The predicted molar refractivity (Wildman–Crippen MR) is 104 cm³/mol. The van der Waals surface area contributed by atoms with Crippen LogP contribution in [-0.2, 0) is 9.63 Å². The minimum absolute atomic E-state index is 0.0125. The van der Waals surface area contributed by atoms with Crippen LogP contribution in [-0.4, -0.2) is 24.6 Å². The van der Waals surface area contributed by atoms with Crippen molar-refractivity contribution in [3.05, 3.63) is 0 Å². The summed E-state index contributed by atoms with van der Waals surface area (Å²) in [7, 11) is 0. The Kier molecular flexibility index (Phi) is 4.70. The minimum atomic E-state index is -0.0125. The maximum absolute atomic E-state index is 12.6. The van der Waals surface area contributed by atoms with E-state index in [1.54, 1.807) is 0 Å². The molecule has 0 heterocycles. The summed E-state index contributed by atoms with van der Waals surface area (Å²) >= 11 is 0. The molecule has 2 unspecified atom stereocenters. The van der Waals surface area contributed by atoms with E-state index in [1.165, 1.54) is 25.0 Å². The van der Waals surface area contributed by atoms with Crippen molar-refractivity contribution in [1.29, 1.82) is 0 Å². The van der Waals surface area contributed by atoms with Crippen LogP contribution in [0.5, 0.6) is 0 Å². The molecule has 0 aliphatic heterocycles. The fraction of sp³-hybridized carbons (Fsp3) is 0.909. The summed E-state index contributed by atoms with van der Waals surface area (Å²) in [5.74, 6) is 4.15. The van der Waals surface area contributed by atoms with Crippen molar-refractivity contribution in [3.63, 3.8) is 0 Å². The van der Waals surface area contributed by atoms with E-state index in [4.69, 9.17) is 10.6 Å². The number of hydrogen-bond donors (Lipinski definition) is 1. The van der Waals surface area contributed by atoms with Crippen molar-refractivity contribution in [3.8, 4) is 0 Å². The fourth-order valence-corrected chi connectivity index (χ4v) is 7.57. The van der Waals surface area contributed by atoms with E-state index >= 15 is 0 Å². The van der Waals surface area contributed by atoms with Crippen LogP contribution in [0.15, 0.2) is 5.16 Å². The number of carbonyl (C=O) groups is 1. The van der Waals surface area contributed by atoms with Gasteiger partial charge in [-0.25, -0.2) is 0 Å². The van der Waals surface area contributed by atoms with Crippen molar-refractivity contribution in [1.82, 2.24) is 0 Å². The highest BCUT2D eigenvalue weighted by Crippen LogP contribution is 2.66. The van der Waals surface area contributed by atoms with Gasteiger partial charge in [0.1, 0.15) is 12.4 Å². The molecule has 4 saturated carbocycles. The van der Waals surface area contributed by atoms with Crippen LogP contribution in [0.25, 0.3) is 0 Å². The van der Waals surface area contributed by atoms with Gasteiger partial charge in [-0.05, 0) is 80.0 Å². The van der Waals surface area contributed by atoms with Gasteiger partial charge < -0.3 is 10.6 Å². The highest BCUT2D eigenvalue weighted by atomic mass is 16.6. The van der Waals surface area contributed by atoms with Crippen LogP contribution in [0.2, 0.25) is 0 Å². The Bertz CT molecular complexity index is 603. The second-order valence-electron chi connectivity index (χ2n) is 10.1. The van der Waals surface area contributed by atoms with Crippen molar-refractivity contribution < 1.29 is 9.63 Å². The molecule has 0 aromatic rings. The van der Waals surface area contributed by atoms with Gasteiger partial charge in [-0.2, -0.15) is 0 Å². The number of ketones is 1. The van der Waals surface area contributed by atoms with Gasteiger partial charge in [-0.3, -0.25) is 4.79 Å². The first-order chi connectivity index (χ1) is 12.4. The third kappa shape index (κ3) is 2.66. The summed E-state index contributed by atoms with van der Waals surface area (Å²) in [5, 5.41) is 4.40. The second kappa shape index (κ2) is 6.61. The van der Waals surface area contributed by atoms with Gasteiger partial charge in [0.2, 0.25) is 0 Å². The van der Waals surface area contributed by atoms with Gasteiger partial charge in [0.15, 0.2) is 0 Å². The van der Waals surface area contributed by atoms with E-state index in [0.717, 1.165) is 43.9 Å². The van der Waals surface area contributed by atoms with Gasteiger partial charge in [0.25, 0.3) is 0 Å². The number of nitrogens with two attached hydrogens (primary N) is 1. The minimum Gasteiger partial charge on any atom is -0.395 e. The van der Waals surface area contributed by atoms with Crippen molar-refractivity contribution in [2.45, 2.75) is 72.1 Å². The summed E-state index contributed by atoms with van der Waals surface area (Å²) < 4.78 is 0. The lowest BCUT2D eigenvalue weighted by molar-refractivity contribution is -0.141. The van der Waals surface area contributed by atoms with Crippen LogP contribution in [0.4, 0.5) is 0 Å². The molecule has 4 fully saturated rings. The zero-order chi connectivity index (χ0) is 18.5. The van der Waals surface area contributed by atoms with E-state index in [-0.39, 0.29) is 5.41 Å². The maximum Gasteiger partial charge on any atom is 0.139 e. The molecule has 4 aliphatic rings. The monoisotopic (exact) mass is 360 g/mol. The molecule has 4 heteroatoms. The Balaban J connectivity index is 1.56. The van der Waals surface area contributed by atoms with Crippen molar-refractivity contribution >= 4 is 11.5 Å². The summed E-state index contributed by atoms with van der Waals surface area (Å²) in [5.41, 5.74) is 7.14. The molecular formula is C22H36N2O2. The maximum atomic E-state index is 12.6. The number of nitrogens with zero attached hydrogens (tertiary/aromatic N) is 1. The second-order valence-corrected chi connectivity index (χ2v) is 10.1. The van der Waals surface area contributed by atoms with Crippen LogP contribution in [0.3, 0.4) is 0 Å². The molecule has 26 heavy (non-hydrogen) atoms. The average Bonchev–Trinajstić information content (AvgIpc) is 2.92. The Morgan fingerprint density at radius 2 is 1.96 bits per heavy atom. The molecule has 7 atom stereocenters. The summed E-state index contributed by atoms with van der Waals surface area (Å²) in [6, 6.07) is 0. The number of Topliss-reactive ketones (excluding diaryl/α,β-unsaturated/α-hetero) is 1. The van der Waals surface area contributed by atoms with Crippen LogP contribution < -0.4 is 5.73 Å². The third-order valence-corrected chi connectivity index (χ3v) is 8.98. The standard InChI is InChI=1S/C22H36N2O2/c1-14-12-16-17-4-5-20(25)22(17,3)9-7-18(16)21(2)8-6-15(13-19(14)21)24-26-11-10-23/h14,16-19H,4-13,23H2,1-3H3/t14?,16-,17-,18-,19?,21+,22-/m0/s1. The summed E-state index contributed by atoms with van der Waals surface area (Å²) in [6.45, 7) is 8.33. The smallest absolute Gasteiger partial charge is 0.139 e. The molecule has 0 amide bonds. The Morgan fingerprint density at radius 1 is 1.15 bits per heavy atom. The highest BCUT2D eigenvalue weighted by Gasteiger charge is 2.61. The first kappa shape index (κ1) is 18.5. The predicted octanol–water partition coefficient (Wildman–Crippen LogP) is 4.18. The highest BCUT2D eigenvalue weighted by molar-refractivity contribution is 5.87. The molecule has 0 bridgehead atoms. The van der Waals surface area contributed by atoms with E-state index < -0.39 is 0 Å². The van der Waals surface area contributed by atoms with Crippen molar-refractivity contribution in [2.75, 3.05) is 13.2 Å². The van der Waals surface area contributed by atoms with Crippen LogP contribution in [0.1, 0.15) is 72.1 Å². The zero-order valence-electron chi connectivity index (χ0n) is 16.8. The molecular weight excluding hydrogens is 324 g/mol. The van der Waals surface area contributed by atoms with Crippen LogP contribution in [0, 0.1) is 40.4 Å². The molecule has 0 saturated heterocycles. The SMILES string of the molecule is CC1C[C@@H]2[C@H](CC[C@]3(C)C(=O)CC[C@@H]23)[C@@]2(C)CCC(=NOCCN)CC12. The van der Waals surface area contributed by atoms with Gasteiger partial charge in [-0.1, -0.05) is 25.9 Å². The molecule has 4 nitrogen and oxygen atoms in total. The molecule has 0 spiro atoms. The number of carbonyl (C=O) groups excluding carboxylic acids is 1. The van der Waals surface area contributed by atoms with Gasteiger partial charge >= 0.3 is 0 Å². The largest absolute Gasteiger partial charge is 0.395 e. The third-order valence-electron chi connectivity index (χ3n) is 8.98. The molecule has 4 aliphatic carbocycles. The lowest BCUT2D eigenvalue weighted by atomic mass is 9.43. The van der Waals surface area contributed by atoms with Crippen LogP contribution >= 0.6 is 0 Å². The molecule has 2 N–H and O–H groups in total. The quantitative estimate of drug-likeness (QED) is 0.607. The van der Waals surface area contributed by atoms with E-state index in [1.807, 2.05) is 0 Å². The average molecular weight is 361 g/mol. The summed E-state index contributed by atoms with van der Waals surface area (Å²) in [4.78, 5) is 18.0. The molecule has 0 aromatic heterocycles. The van der Waals surface area contributed by atoms with Gasteiger partial charge in [0, 0.05) is 18.4 Å². The lowest BCUT2D eigenvalue weighted by Gasteiger charge is -2.61. The Morgan fingerprint density at radius 3 is 2.73 bits per heavy atom. The number of rotatable bonds is 3. The number of oxime groups is 1. The Hall–Kier alpha value is -0.900. The number of fused-ring (bicyclic) bond motifs is 5. The van der Waals surface area contributed by atoms with Gasteiger partial charge in [-0.15, -0.1) is 0 Å². The first-order valence-corrected chi connectivity index (χ1v) is 10.8. The lowest BCUT2D eigenvalue weighted by Crippen LogP contribution is -2.56. The fourth-order valence-electron chi connectivity index (χ4n) is 7.57. The molecule has 4 rings (SSSR count). The van der Waals surface area contributed by atoms with Crippen molar-refractivity contribution in [2.24, 2.45) is 51.3 Å².